The van der Waals surface area contributed by atoms with Crippen LogP contribution in [0.25, 0.3) is 0 Å². The van der Waals surface area contributed by atoms with Crippen LogP contribution in [0.15, 0.2) is 0 Å². The van der Waals surface area contributed by atoms with Crippen LogP contribution in [-0.2, 0) is 52.7 Å². The molecule has 2 saturated heterocycles. The monoisotopic (exact) mass is 997 g/mol. The Hall–Kier alpha value is -5.63. The molecule has 0 radical (unpaired) electrons. The summed E-state index contributed by atoms with van der Waals surface area (Å²) in [6.07, 6.45) is 4.34. The second kappa shape index (κ2) is 40.3. The Morgan fingerprint density at radius 2 is 1.00 bits per heavy atom. The number of Topliss-reactive ketones (excluding diaryl/α,β-unsaturated/α-hetero) is 2. The molecule has 25 heteroatoms. The summed E-state index contributed by atoms with van der Waals surface area (Å²) in [6, 6.07) is -2.97. The van der Waals surface area contributed by atoms with E-state index in [1.165, 1.54) is 4.90 Å². The van der Waals surface area contributed by atoms with Gasteiger partial charge in [-0.25, -0.2) is 14.4 Å². The van der Waals surface area contributed by atoms with Crippen molar-refractivity contribution in [2.24, 2.45) is 17.8 Å². The van der Waals surface area contributed by atoms with Gasteiger partial charge in [0, 0.05) is 25.8 Å². The molecule has 1 amide bonds. The van der Waals surface area contributed by atoms with E-state index in [9.17, 15) is 52.7 Å². The number of hydrogen-bond acceptors (Lipinski definition) is 16. The third kappa shape index (κ3) is 38.0. The van der Waals surface area contributed by atoms with Gasteiger partial charge < -0.3 is 72.3 Å². The van der Waals surface area contributed by atoms with E-state index in [4.69, 9.17) is 40.9 Å². The third-order valence-corrected chi connectivity index (χ3v) is 9.74. The number of nitrogens with zero attached hydrogens (tertiary/aromatic N) is 1. The number of carboxylic acid groups (broad SMARTS) is 8. The van der Waals surface area contributed by atoms with E-state index >= 15 is 0 Å². The molecule has 2 aliphatic heterocycles. The lowest BCUT2D eigenvalue weighted by molar-refractivity contribution is -0.149. The Balaban J connectivity index is -0.000000379. The summed E-state index contributed by atoms with van der Waals surface area (Å²) >= 11 is 0. The van der Waals surface area contributed by atoms with Gasteiger partial charge >= 0.3 is 47.8 Å². The highest BCUT2D eigenvalue weighted by Crippen LogP contribution is 2.19. The minimum Gasteiger partial charge on any atom is -0.480 e. The first-order valence-corrected chi connectivity index (χ1v) is 22.6. The van der Waals surface area contributed by atoms with Gasteiger partial charge in [0.05, 0.1) is 0 Å². The first-order chi connectivity index (χ1) is 31.9. The van der Waals surface area contributed by atoms with Crippen LogP contribution in [0.4, 0.5) is 0 Å². The average molecular weight is 997 g/mol. The van der Waals surface area contributed by atoms with Gasteiger partial charge in [0.15, 0.2) is 0 Å². The quantitative estimate of drug-likeness (QED) is 0.0423. The smallest absolute Gasteiger partial charge is 0.372 e. The van der Waals surface area contributed by atoms with Crippen molar-refractivity contribution in [2.75, 3.05) is 40.8 Å². The maximum atomic E-state index is 11.4. The fraction of sp³-hybridized carbons (Fsp3) is 0.750. The molecule has 0 aromatic rings. The summed E-state index contributed by atoms with van der Waals surface area (Å²) in [4.78, 5) is 117. The van der Waals surface area contributed by atoms with Crippen LogP contribution in [0, 0.1) is 17.8 Å². The molecule has 2 aliphatic rings. The van der Waals surface area contributed by atoms with Crippen molar-refractivity contribution in [2.45, 2.75) is 155 Å². The van der Waals surface area contributed by atoms with Crippen molar-refractivity contribution in [1.29, 1.82) is 0 Å². The molecule has 6 atom stereocenters. The maximum Gasteiger partial charge on any atom is 0.372 e. The number of ketones is 2. The highest BCUT2D eigenvalue weighted by atomic mass is 16.4. The molecule has 69 heavy (non-hydrogen) atoms. The van der Waals surface area contributed by atoms with Crippen molar-refractivity contribution < 1.29 is 93.6 Å². The Labute approximate surface area is 403 Å². The zero-order valence-electron chi connectivity index (χ0n) is 41.6. The Morgan fingerprint density at radius 3 is 1.26 bits per heavy atom. The molecule has 0 aromatic carbocycles. The highest BCUT2D eigenvalue weighted by Gasteiger charge is 2.35. The van der Waals surface area contributed by atoms with Crippen LogP contribution in [-0.4, -0.2) is 188 Å². The predicted molar refractivity (Wildman–Crippen MR) is 250 cm³/mol. The number of carboxylic acids is 8. The van der Waals surface area contributed by atoms with Crippen molar-refractivity contribution in [1.82, 2.24) is 31.5 Å². The van der Waals surface area contributed by atoms with E-state index < -0.39 is 77.4 Å². The normalized spacial score (nSPS) is 16.4. The minimum absolute atomic E-state index is 0.0731. The van der Waals surface area contributed by atoms with Crippen LogP contribution in [0.3, 0.4) is 0 Å². The molecular weight excluding hydrogens is 917 g/mol. The van der Waals surface area contributed by atoms with Crippen molar-refractivity contribution >= 4 is 65.2 Å². The van der Waals surface area contributed by atoms with E-state index in [0.29, 0.717) is 44.1 Å². The molecule has 2 heterocycles. The number of aliphatic carboxylic acids is 8. The van der Waals surface area contributed by atoms with Gasteiger partial charge in [0.2, 0.25) is 17.5 Å². The molecule has 0 aromatic heterocycles. The molecule has 0 saturated carbocycles. The number of nitrogens with one attached hydrogen (secondary N) is 5. The van der Waals surface area contributed by atoms with Gasteiger partial charge in [-0.15, -0.1) is 0 Å². The molecule has 400 valence electrons. The fourth-order valence-corrected chi connectivity index (χ4v) is 5.81. The van der Waals surface area contributed by atoms with E-state index in [2.05, 4.69) is 26.6 Å². The number of likely N-dealkylation sites (tertiary alicyclic amines) is 1. The van der Waals surface area contributed by atoms with Crippen molar-refractivity contribution in [3.05, 3.63) is 0 Å². The number of hydrogen-bond donors (Lipinski definition) is 13. The number of amides is 1. The van der Waals surface area contributed by atoms with Crippen LogP contribution >= 0.6 is 0 Å². The standard InChI is InChI=1S/C11H19NO5.C10H13NO6.2C7H15NO2.C5H9NO2.C4H9NO2/c1-7(2)6-8(10(14)15)12-5-3-4-9(13)11(16)17;12-7(10(16)17)2-1-5-11-6(9(14)15)3-4-8(11)13;2*1-5(2)4-6(8-3)7(9)10;7-5(8)4-2-1-3-6-4;1-3(5-2)4(6)7/h7-8,12H,3-6H2,1-2H3,(H,14,15)(H,16,17);6H,1-5H2,(H,14,15)(H,16,17);2*5-6,8H,4H2,1-3H3,(H,9,10);4,6H,1-3H2,(H,7,8);3,5H,1-2H3,(H,6,7)/t8-;3*6-;4-;3-/m000000/s1. The third-order valence-electron chi connectivity index (χ3n) is 9.74. The lowest BCUT2D eigenvalue weighted by atomic mass is 10.0. The zero-order chi connectivity index (χ0) is 54.6. The summed E-state index contributed by atoms with van der Waals surface area (Å²) in [5, 5.41) is 81.7. The van der Waals surface area contributed by atoms with E-state index in [-0.39, 0.29) is 68.6 Å². The summed E-state index contributed by atoms with van der Waals surface area (Å²) in [5.41, 5.74) is 0. The van der Waals surface area contributed by atoms with E-state index in [0.717, 1.165) is 19.4 Å². The molecule has 0 bridgehead atoms. The largest absolute Gasteiger partial charge is 0.480 e. The number of carbonyl (C=O) groups excluding carboxylic acids is 3. The fourth-order valence-electron chi connectivity index (χ4n) is 5.81. The highest BCUT2D eigenvalue weighted by molar-refractivity contribution is 6.33. The predicted octanol–water partition coefficient (Wildman–Crippen LogP) is 0.917. The van der Waals surface area contributed by atoms with E-state index in [1.807, 2.05) is 41.5 Å². The maximum absolute atomic E-state index is 11.4. The Bertz CT molecular complexity index is 1580. The molecular formula is C44H80N6O19. The Morgan fingerprint density at radius 1 is 0.580 bits per heavy atom. The summed E-state index contributed by atoms with van der Waals surface area (Å²) in [7, 11) is 4.95. The van der Waals surface area contributed by atoms with Gasteiger partial charge in [-0.1, -0.05) is 41.5 Å². The lowest BCUT2D eigenvalue weighted by Crippen LogP contribution is -2.39. The molecule has 2 fully saturated rings. The van der Waals surface area contributed by atoms with Gasteiger partial charge in [-0.05, 0) is 110 Å². The lowest BCUT2D eigenvalue weighted by Gasteiger charge is -2.20. The SMILES string of the molecule is CC(C)C[C@H](NCCCC(=O)C(=O)O)C(=O)O.CN[C@@H](C)C(=O)O.CN[C@@H](CC(C)C)C(=O)O.CN[C@@H](CC(C)C)C(=O)O.O=C(O)C(=O)CCCN1C(=O)CC[C@H]1C(=O)O.O=C(O)[C@@H]1CCCN1. The van der Waals surface area contributed by atoms with Gasteiger partial charge in [-0.3, -0.25) is 38.4 Å². The molecule has 25 nitrogen and oxygen atoms in total. The average Bonchev–Trinajstić information content (AvgIpc) is 3.94. The molecule has 0 aliphatic carbocycles. The van der Waals surface area contributed by atoms with Crippen molar-refractivity contribution in [3.63, 3.8) is 0 Å². The first kappa shape index (κ1) is 69.9. The molecule has 2 rings (SSSR count). The zero-order valence-corrected chi connectivity index (χ0v) is 41.6. The van der Waals surface area contributed by atoms with Crippen LogP contribution in [0.5, 0.6) is 0 Å². The second-order valence-corrected chi connectivity index (χ2v) is 17.1. The second-order valence-electron chi connectivity index (χ2n) is 17.1. The molecule has 0 unspecified atom stereocenters. The van der Waals surface area contributed by atoms with Gasteiger partial charge in [0.25, 0.3) is 0 Å². The van der Waals surface area contributed by atoms with Crippen LogP contribution < -0.4 is 26.6 Å². The number of carbonyl (C=O) groups is 11. The summed E-state index contributed by atoms with van der Waals surface area (Å²) in [5.74, 6) is -8.95. The van der Waals surface area contributed by atoms with Gasteiger partial charge in [0.1, 0.15) is 36.3 Å². The van der Waals surface area contributed by atoms with Crippen LogP contribution in [0.1, 0.15) is 119 Å². The number of likely N-dealkylation sites (N-methyl/N-ethyl adjacent to an activating group) is 3. The topological polar surface area (TPSA) is 413 Å². The Kier molecular flexibility index (Phi) is 40.8. The number of rotatable bonds is 26. The first-order valence-electron chi connectivity index (χ1n) is 22.6. The van der Waals surface area contributed by atoms with Crippen molar-refractivity contribution in [3.8, 4) is 0 Å². The van der Waals surface area contributed by atoms with Gasteiger partial charge in [-0.2, -0.15) is 0 Å². The molecule has 13 N–H and O–H groups in total. The molecule has 0 spiro atoms. The summed E-state index contributed by atoms with van der Waals surface area (Å²) < 4.78 is 0. The van der Waals surface area contributed by atoms with E-state index in [1.54, 1.807) is 28.1 Å². The minimum atomic E-state index is -1.51. The summed E-state index contributed by atoms with van der Waals surface area (Å²) in [6.45, 7) is 14.7. The van der Waals surface area contributed by atoms with Crippen LogP contribution in [0.2, 0.25) is 0 Å².